The van der Waals surface area contributed by atoms with Crippen LogP contribution in [0.1, 0.15) is 55.6 Å². The van der Waals surface area contributed by atoms with E-state index in [1.165, 1.54) is 17.3 Å². The Bertz CT molecular complexity index is 1000. The highest BCUT2D eigenvalue weighted by molar-refractivity contribution is 5.96. The number of nitrogens with zero attached hydrogens (tertiary/aromatic N) is 3. The van der Waals surface area contributed by atoms with Crippen LogP contribution in [0.5, 0.6) is 5.88 Å². The summed E-state index contributed by atoms with van der Waals surface area (Å²) in [7, 11) is 0. The van der Waals surface area contributed by atoms with Gasteiger partial charge in [-0.05, 0) is 59.1 Å². The topological polar surface area (TPSA) is 106 Å². The molecule has 0 aliphatic carbocycles. The summed E-state index contributed by atoms with van der Waals surface area (Å²) in [6.07, 6.45) is 2.50. The highest BCUT2D eigenvalue weighted by atomic mass is 16.6. The Hall–Kier alpha value is -3.36. The molecule has 9 heteroatoms. The highest BCUT2D eigenvalue weighted by Crippen LogP contribution is 2.34. The highest BCUT2D eigenvalue weighted by Gasteiger charge is 2.25. The number of anilines is 2. The number of aryl methyl sites for hydroxylation is 1. The average molecular weight is 456 g/mol. The van der Waals surface area contributed by atoms with Crippen molar-refractivity contribution in [2.24, 2.45) is 0 Å². The van der Waals surface area contributed by atoms with E-state index in [0.717, 1.165) is 18.7 Å². The molecule has 2 heterocycles. The van der Waals surface area contributed by atoms with E-state index < -0.39 is 11.7 Å². The number of hydrogen-bond donors (Lipinski definition) is 2. The Balaban J connectivity index is 1.59. The number of benzene rings is 1. The molecule has 2 amide bonds. The van der Waals surface area contributed by atoms with E-state index in [1.54, 1.807) is 20.8 Å². The largest absolute Gasteiger partial charge is 0.477 e. The lowest BCUT2D eigenvalue weighted by atomic mass is 10.1. The number of fused-ring (bicyclic) bond motifs is 1. The molecule has 0 radical (unpaired) electrons. The quantitative estimate of drug-likeness (QED) is 0.587. The molecule has 178 valence electrons. The molecular formula is C24H33N5O4. The lowest BCUT2D eigenvalue weighted by Gasteiger charge is -2.19. The van der Waals surface area contributed by atoms with Crippen molar-refractivity contribution in [1.29, 1.82) is 0 Å². The van der Waals surface area contributed by atoms with E-state index in [1.807, 2.05) is 11.8 Å². The van der Waals surface area contributed by atoms with Crippen LogP contribution in [-0.4, -0.2) is 53.8 Å². The van der Waals surface area contributed by atoms with Gasteiger partial charge < -0.3 is 25.0 Å². The standard InChI is InChI=1S/C24H33N5O4/c1-6-32-21-18(20(30)25-11-7-12-26-23(31)33-24(3,4)5)15-27-22(28-21)29-13-10-17-14-16(2)8-9-19(17)29/h8-9,14-15H,6-7,10-13H2,1-5H3,(H,25,30)(H,26,31). The van der Waals surface area contributed by atoms with Crippen molar-refractivity contribution < 1.29 is 19.1 Å². The van der Waals surface area contributed by atoms with Gasteiger partial charge >= 0.3 is 6.09 Å². The smallest absolute Gasteiger partial charge is 0.407 e. The Morgan fingerprint density at radius 1 is 1.18 bits per heavy atom. The number of rotatable bonds is 8. The minimum absolute atomic E-state index is 0.257. The third-order valence-corrected chi connectivity index (χ3v) is 4.95. The van der Waals surface area contributed by atoms with Gasteiger partial charge in [0.1, 0.15) is 11.2 Å². The molecule has 1 aliphatic heterocycles. The second-order valence-corrected chi connectivity index (χ2v) is 8.89. The Kier molecular flexibility index (Phi) is 7.73. The molecule has 0 spiro atoms. The third-order valence-electron chi connectivity index (χ3n) is 4.95. The normalized spacial score (nSPS) is 12.8. The second-order valence-electron chi connectivity index (χ2n) is 8.89. The van der Waals surface area contributed by atoms with Crippen LogP contribution in [0.25, 0.3) is 0 Å². The maximum absolute atomic E-state index is 12.7. The van der Waals surface area contributed by atoms with Crippen LogP contribution < -0.4 is 20.3 Å². The monoisotopic (exact) mass is 455 g/mol. The first-order valence-corrected chi connectivity index (χ1v) is 11.3. The van der Waals surface area contributed by atoms with Crippen LogP contribution in [0.4, 0.5) is 16.4 Å². The van der Waals surface area contributed by atoms with Gasteiger partial charge in [-0.25, -0.2) is 9.78 Å². The molecule has 0 unspecified atom stereocenters. The maximum atomic E-state index is 12.7. The molecule has 0 saturated carbocycles. The van der Waals surface area contributed by atoms with Gasteiger partial charge in [0.05, 0.1) is 6.61 Å². The number of carbonyl (C=O) groups is 2. The van der Waals surface area contributed by atoms with Crippen LogP contribution in [-0.2, 0) is 11.2 Å². The summed E-state index contributed by atoms with van der Waals surface area (Å²) < 4.78 is 10.8. The van der Waals surface area contributed by atoms with Gasteiger partial charge in [-0.1, -0.05) is 17.7 Å². The summed E-state index contributed by atoms with van der Waals surface area (Å²) in [4.78, 5) is 35.4. The summed E-state index contributed by atoms with van der Waals surface area (Å²) in [5.74, 6) is 0.450. The first-order chi connectivity index (χ1) is 15.7. The molecule has 0 atom stereocenters. The SMILES string of the molecule is CCOc1nc(N2CCc3cc(C)ccc32)ncc1C(=O)NCCCNC(=O)OC(C)(C)C. The van der Waals surface area contributed by atoms with Crippen molar-refractivity contribution in [2.75, 3.05) is 31.1 Å². The van der Waals surface area contributed by atoms with Crippen molar-refractivity contribution >= 4 is 23.6 Å². The fraction of sp³-hybridized carbons (Fsp3) is 0.500. The van der Waals surface area contributed by atoms with E-state index in [4.69, 9.17) is 9.47 Å². The molecule has 2 N–H and O–H groups in total. The first-order valence-electron chi connectivity index (χ1n) is 11.3. The molecule has 2 aromatic rings. The van der Waals surface area contributed by atoms with Gasteiger partial charge in [-0.3, -0.25) is 4.79 Å². The molecule has 1 aliphatic rings. The zero-order valence-electron chi connectivity index (χ0n) is 20.0. The molecule has 0 fully saturated rings. The Morgan fingerprint density at radius 3 is 2.67 bits per heavy atom. The average Bonchev–Trinajstić information content (AvgIpc) is 3.15. The van der Waals surface area contributed by atoms with Gasteiger partial charge in [-0.15, -0.1) is 0 Å². The molecule has 33 heavy (non-hydrogen) atoms. The zero-order chi connectivity index (χ0) is 24.0. The van der Waals surface area contributed by atoms with Gasteiger partial charge in [0, 0.05) is 31.5 Å². The molecular weight excluding hydrogens is 422 g/mol. The summed E-state index contributed by atoms with van der Waals surface area (Å²) in [6.45, 7) is 11.3. The number of nitrogens with one attached hydrogen (secondary N) is 2. The van der Waals surface area contributed by atoms with Gasteiger partial charge in [0.2, 0.25) is 11.8 Å². The van der Waals surface area contributed by atoms with Crippen molar-refractivity contribution in [3.8, 4) is 5.88 Å². The summed E-state index contributed by atoms with van der Waals surface area (Å²) in [5.41, 5.74) is 3.30. The fourth-order valence-electron chi connectivity index (χ4n) is 3.52. The van der Waals surface area contributed by atoms with Gasteiger partial charge in [0.25, 0.3) is 5.91 Å². The number of ether oxygens (including phenoxy) is 2. The van der Waals surface area contributed by atoms with Crippen LogP contribution in [0.3, 0.4) is 0 Å². The predicted octanol–water partition coefficient (Wildman–Crippen LogP) is 3.52. The second kappa shape index (κ2) is 10.5. The first kappa shape index (κ1) is 24.3. The third kappa shape index (κ3) is 6.57. The zero-order valence-corrected chi connectivity index (χ0v) is 20.0. The molecule has 3 rings (SSSR count). The van der Waals surface area contributed by atoms with Crippen molar-refractivity contribution in [1.82, 2.24) is 20.6 Å². The Labute approximate surface area is 194 Å². The van der Waals surface area contributed by atoms with Gasteiger partial charge in [0.15, 0.2) is 0 Å². The minimum Gasteiger partial charge on any atom is -0.477 e. The summed E-state index contributed by atoms with van der Waals surface area (Å²) in [6, 6.07) is 6.33. The number of hydrogen-bond acceptors (Lipinski definition) is 7. The van der Waals surface area contributed by atoms with Crippen molar-refractivity contribution in [2.45, 2.75) is 53.1 Å². The fourth-order valence-corrected chi connectivity index (χ4v) is 3.52. The number of alkyl carbamates (subject to hydrolysis) is 1. The Morgan fingerprint density at radius 2 is 1.94 bits per heavy atom. The van der Waals surface area contributed by atoms with Crippen LogP contribution in [0.15, 0.2) is 24.4 Å². The van der Waals surface area contributed by atoms with E-state index in [0.29, 0.717) is 32.1 Å². The van der Waals surface area contributed by atoms with Crippen molar-refractivity contribution in [3.63, 3.8) is 0 Å². The van der Waals surface area contributed by atoms with E-state index in [9.17, 15) is 9.59 Å². The minimum atomic E-state index is -0.545. The van der Waals surface area contributed by atoms with Crippen LogP contribution in [0.2, 0.25) is 0 Å². The number of carbonyl (C=O) groups excluding carboxylic acids is 2. The number of aromatic nitrogens is 2. The predicted molar refractivity (Wildman–Crippen MR) is 126 cm³/mol. The maximum Gasteiger partial charge on any atom is 0.407 e. The van der Waals surface area contributed by atoms with E-state index in [2.05, 4.69) is 45.7 Å². The van der Waals surface area contributed by atoms with E-state index in [-0.39, 0.29) is 17.4 Å². The lowest BCUT2D eigenvalue weighted by Crippen LogP contribution is -2.34. The number of amides is 2. The van der Waals surface area contributed by atoms with Gasteiger partial charge in [-0.2, -0.15) is 4.98 Å². The summed E-state index contributed by atoms with van der Waals surface area (Å²) in [5, 5.41) is 5.49. The van der Waals surface area contributed by atoms with Crippen molar-refractivity contribution in [3.05, 3.63) is 41.1 Å². The molecule has 0 saturated heterocycles. The molecule has 1 aromatic heterocycles. The molecule has 9 nitrogen and oxygen atoms in total. The van der Waals surface area contributed by atoms with Crippen LogP contribution >= 0.6 is 0 Å². The molecule has 1 aromatic carbocycles. The lowest BCUT2D eigenvalue weighted by molar-refractivity contribution is 0.0527. The van der Waals surface area contributed by atoms with Crippen LogP contribution in [0, 0.1) is 6.92 Å². The summed E-state index contributed by atoms with van der Waals surface area (Å²) >= 11 is 0. The molecule has 0 bridgehead atoms. The van der Waals surface area contributed by atoms with E-state index >= 15 is 0 Å².